The molecule has 3 heteroatoms. The smallest absolute Gasteiger partial charge is 0.0965 e. The van der Waals surface area contributed by atoms with E-state index in [0.29, 0.717) is 6.04 Å². The number of aliphatic imine (C=N–C) groups is 1. The van der Waals surface area contributed by atoms with Crippen LogP contribution in [0.1, 0.15) is 51.4 Å². The van der Waals surface area contributed by atoms with E-state index in [9.17, 15) is 0 Å². The summed E-state index contributed by atoms with van der Waals surface area (Å²) >= 11 is 2.04. The first-order valence-corrected chi connectivity index (χ1v) is 8.00. The van der Waals surface area contributed by atoms with E-state index in [-0.39, 0.29) is 0 Å². The van der Waals surface area contributed by atoms with Gasteiger partial charge in [0.05, 0.1) is 5.84 Å². The van der Waals surface area contributed by atoms with Gasteiger partial charge in [0.2, 0.25) is 0 Å². The van der Waals surface area contributed by atoms with E-state index in [1.807, 2.05) is 11.8 Å². The molecule has 2 nitrogen and oxygen atoms in total. The molecule has 0 aromatic carbocycles. The van der Waals surface area contributed by atoms with Crippen LogP contribution in [0.5, 0.6) is 0 Å². The third kappa shape index (κ3) is 3.69. The van der Waals surface area contributed by atoms with E-state index in [1.54, 1.807) is 0 Å². The average molecular weight is 240 g/mol. The average Bonchev–Trinajstić information content (AvgIpc) is 2.59. The summed E-state index contributed by atoms with van der Waals surface area (Å²) in [5.74, 6) is 1.30. The highest BCUT2D eigenvalue weighted by Crippen LogP contribution is 2.27. The molecule has 0 amide bonds. The maximum absolute atomic E-state index is 4.66. The van der Waals surface area contributed by atoms with Crippen LogP contribution in [0.4, 0.5) is 0 Å². The maximum Gasteiger partial charge on any atom is 0.0965 e. The highest BCUT2D eigenvalue weighted by Gasteiger charge is 2.21. The van der Waals surface area contributed by atoms with Crippen molar-refractivity contribution in [2.24, 2.45) is 4.99 Å². The second-order valence-corrected chi connectivity index (χ2v) is 6.13. The molecular weight excluding hydrogens is 216 g/mol. The van der Waals surface area contributed by atoms with Gasteiger partial charge in [-0.3, -0.25) is 4.99 Å². The van der Waals surface area contributed by atoms with Crippen LogP contribution in [0, 0.1) is 0 Å². The number of rotatable bonds is 2. The number of nitrogens with zero attached hydrogens (tertiary/aromatic N) is 1. The molecule has 0 aromatic heterocycles. The third-order valence-electron chi connectivity index (χ3n) is 3.75. The van der Waals surface area contributed by atoms with Crippen LogP contribution >= 0.6 is 11.8 Å². The standard InChI is InChI=1S/C13H24N2S/c1-16-12-8-6-11(7-9-12)15-13-5-3-2-4-10-14-13/h11-12H,2-10H2,1H3,(H,14,15). The molecule has 0 aromatic rings. The number of amidine groups is 1. The number of hydrogen-bond donors (Lipinski definition) is 1. The van der Waals surface area contributed by atoms with Gasteiger partial charge in [-0.2, -0.15) is 11.8 Å². The van der Waals surface area contributed by atoms with Crippen LogP contribution in [0.2, 0.25) is 0 Å². The molecular formula is C13H24N2S. The van der Waals surface area contributed by atoms with Crippen molar-refractivity contribution in [3.63, 3.8) is 0 Å². The molecule has 16 heavy (non-hydrogen) atoms. The van der Waals surface area contributed by atoms with Gasteiger partial charge < -0.3 is 5.32 Å². The maximum atomic E-state index is 4.66. The van der Waals surface area contributed by atoms with E-state index in [0.717, 1.165) is 11.8 Å². The summed E-state index contributed by atoms with van der Waals surface area (Å²) in [6, 6.07) is 0.709. The Morgan fingerprint density at radius 3 is 2.69 bits per heavy atom. The Bertz CT molecular complexity index is 232. The number of thioether (sulfide) groups is 1. The second-order valence-electron chi connectivity index (χ2n) is 4.99. The van der Waals surface area contributed by atoms with Crippen molar-refractivity contribution < 1.29 is 0 Å². The molecule has 1 heterocycles. The van der Waals surface area contributed by atoms with Crippen molar-refractivity contribution in [3.8, 4) is 0 Å². The van der Waals surface area contributed by atoms with Crippen LogP contribution in [0.25, 0.3) is 0 Å². The van der Waals surface area contributed by atoms with E-state index >= 15 is 0 Å². The van der Waals surface area contributed by atoms with Gasteiger partial charge in [-0.1, -0.05) is 6.42 Å². The Balaban J connectivity index is 1.75. The lowest BCUT2D eigenvalue weighted by Crippen LogP contribution is -2.38. The molecule has 1 fully saturated rings. The molecule has 0 atom stereocenters. The Morgan fingerprint density at radius 1 is 1.12 bits per heavy atom. The monoisotopic (exact) mass is 240 g/mol. The predicted octanol–water partition coefficient (Wildman–Crippen LogP) is 3.22. The summed E-state index contributed by atoms with van der Waals surface area (Å²) in [6.45, 7) is 1.04. The highest BCUT2D eigenvalue weighted by atomic mass is 32.2. The van der Waals surface area contributed by atoms with Crippen molar-refractivity contribution in [2.75, 3.05) is 12.8 Å². The lowest BCUT2D eigenvalue weighted by molar-refractivity contribution is 0.420. The normalized spacial score (nSPS) is 31.7. The van der Waals surface area contributed by atoms with Gasteiger partial charge in [0.15, 0.2) is 0 Å². The summed E-state index contributed by atoms with van der Waals surface area (Å²) in [4.78, 5) is 4.66. The minimum atomic E-state index is 0.709. The fourth-order valence-corrected chi connectivity index (χ4v) is 3.41. The van der Waals surface area contributed by atoms with Crippen molar-refractivity contribution in [1.82, 2.24) is 5.32 Å². The minimum absolute atomic E-state index is 0.709. The Morgan fingerprint density at radius 2 is 1.94 bits per heavy atom. The molecule has 2 rings (SSSR count). The van der Waals surface area contributed by atoms with E-state index in [1.165, 1.54) is 57.2 Å². The number of nitrogens with one attached hydrogen (secondary N) is 1. The van der Waals surface area contributed by atoms with Gasteiger partial charge in [0.25, 0.3) is 0 Å². The van der Waals surface area contributed by atoms with Gasteiger partial charge >= 0.3 is 0 Å². The largest absolute Gasteiger partial charge is 0.371 e. The fraction of sp³-hybridized carbons (Fsp3) is 0.923. The topological polar surface area (TPSA) is 24.4 Å². The Hall–Kier alpha value is -0.180. The molecule has 0 bridgehead atoms. The molecule has 0 unspecified atom stereocenters. The molecule has 92 valence electrons. The van der Waals surface area contributed by atoms with Gasteiger partial charge in [0.1, 0.15) is 0 Å². The quantitative estimate of drug-likeness (QED) is 0.801. The first kappa shape index (κ1) is 12.3. The Kier molecular flexibility index (Phi) is 5.01. The van der Waals surface area contributed by atoms with Crippen molar-refractivity contribution >= 4 is 17.6 Å². The highest BCUT2D eigenvalue weighted by molar-refractivity contribution is 7.99. The lowest BCUT2D eigenvalue weighted by atomic mass is 9.95. The van der Waals surface area contributed by atoms with Crippen molar-refractivity contribution in [3.05, 3.63) is 0 Å². The van der Waals surface area contributed by atoms with Gasteiger partial charge in [-0.05, 0) is 44.8 Å². The molecule has 0 radical (unpaired) electrons. The van der Waals surface area contributed by atoms with Gasteiger partial charge in [-0.25, -0.2) is 0 Å². The fourth-order valence-electron chi connectivity index (χ4n) is 2.67. The van der Waals surface area contributed by atoms with Crippen LogP contribution in [0.3, 0.4) is 0 Å². The summed E-state index contributed by atoms with van der Waals surface area (Å²) < 4.78 is 0. The first-order chi connectivity index (χ1) is 7.88. The zero-order valence-electron chi connectivity index (χ0n) is 10.4. The molecule has 0 spiro atoms. The first-order valence-electron chi connectivity index (χ1n) is 6.71. The van der Waals surface area contributed by atoms with Gasteiger partial charge in [-0.15, -0.1) is 0 Å². The molecule has 1 N–H and O–H groups in total. The lowest BCUT2D eigenvalue weighted by Gasteiger charge is -2.29. The zero-order valence-corrected chi connectivity index (χ0v) is 11.2. The third-order valence-corrected chi connectivity index (χ3v) is 4.89. The molecule has 1 aliphatic heterocycles. The summed E-state index contributed by atoms with van der Waals surface area (Å²) in [5.41, 5.74) is 0. The number of hydrogen-bond acceptors (Lipinski definition) is 3. The minimum Gasteiger partial charge on any atom is -0.371 e. The summed E-state index contributed by atoms with van der Waals surface area (Å²) in [6.07, 6.45) is 12.8. The zero-order chi connectivity index (χ0) is 11.2. The summed E-state index contributed by atoms with van der Waals surface area (Å²) in [5, 5.41) is 4.59. The molecule has 1 aliphatic carbocycles. The molecule has 0 saturated heterocycles. The van der Waals surface area contributed by atoms with Crippen LogP contribution in [-0.4, -0.2) is 29.9 Å². The van der Waals surface area contributed by atoms with Crippen LogP contribution < -0.4 is 5.32 Å². The van der Waals surface area contributed by atoms with Crippen molar-refractivity contribution in [1.29, 1.82) is 0 Å². The molecule has 2 aliphatic rings. The Labute approximate surface area is 104 Å². The second kappa shape index (κ2) is 6.53. The SMILES string of the molecule is CSC1CCC(NC2=NCCCCC2)CC1. The summed E-state index contributed by atoms with van der Waals surface area (Å²) in [7, 11) is 0. The van der Waals surface area contributed by atoms with Crippen LogP contribution in [0.15, 0.2) is 4.99 Å². The van der Waals surface area contributed by atoms with E-state index < -0.39 is 0 Å². The molecule has 1 saturated carbocycles. The van der Waals surface area contributed by atoms with Crippen molar-refractivity contribution in [2.45, 2.75) is 62.7 Å². The van der Waals surface area contributed by atoms with Crippen LogP contribution in [-0.2, 0) is 0 Å². The van der Waals surface area contributed by atoms with E-state index in [4.69, 9.17) is 0 Å². The van der Waals surface area contributed by atoms with E-state index in [2.05, 4.69) is 16.6 Å². The predicted molar refractivity (Wildman–Crippen MR) is 73.5 cm³/mol. The van der Waals surface area contributed by atoms with Gasteiger partial charge in [0, 0.05) is 24.3 Å².